The Hall–Kier alpha value is -2.66. The normalized spacial score (nSPS) is 11.2. The predicted molar refractivity (Wildman–Crippen MR) is 89.9 cm³/mol. The molecule has 7 heteroatoms. The van der Waals surface area contributed by atoms with E-state index in [-0.39, 0.29) is 5.71 Å². The third-order valence-electron chi connectivity index (χ3n) is 2.50. The number of carbonyl (C=O) groups excluding carboxylic acids is 2. The van der Waals surface area contributed by atoms with Crippen LogP contribution in [0.4, 0.5) is 10.5 Å². The molecule has 1 aromatic rings. The molecule has 0 aromatic heterocycles. The van der Waals surface area contributed by atoms with E-state index in [9.17, 15) is 9.59 Å². The van der Waals surface area contributed by atoms with Crippen molar-refractivity contribution in [3.05, 3.63) is 35.4 Å². The van der Waals surface area contributed by atoms with E-state index in [2.05, 4.69) is 10.1 Å². The molecular formula is C17H23N3O4. The number of esters is 1. The van der Waals surface area contributed by atoms with Crippen LogP contribution in [0.2, 0.25) is 0 Å². The van der Waals surface area contributed by atoms with Crippen molar-refractivity contribution >= 4 is 23.5 Å². The van der Waals surface area contributed by atoms with Gasteiger partial charge in [0.15, 0.2) is 0 Å². The Morgan fingerprint density at radius 2 is 1.46 bits per heavy atom. The van der Waals surface area contributed by atoms with Crippen molar-refractivity contribution in [2.75, 3.05) is 5.32 Å². The van der Waals surface area contributed by atoms with Crippen LogP contribution in [-0.2, 0) is 14.3 Å². The number of ether oxygens (including phenoxy) is 2. The van der Waals surface area contributed by atoms with E-state index in [0.29, 0.717) is 11.3 Å². The fourth-order valence-corrected chi connectivity index (χ4v) is 1.68. The maximum absolute atomic E-state index is 12.0. The zero-order valence-electron chi connectivity index (χ0n) is 14.8. The smallest absolute Gasteiger partial charge is 0.422 e. The Labute approximate surface area is 141 Å². The van der Waals surface area contributed by atoms with Gasteiger partial charge in [0, 0.05) is 5.69 Å². The quantitative estimate of drug-likeness (QED) is 0.396. The first-order chi connectivity index (χ1) is 10.9. The van der Waals surface area contributed by atoms with Crippen molar-refractivity contribution in [3.8, 4) is 0 Å². The molecule has 7 nitrogen and oxygen atoms in total. The molecule has 0 aliphatic rings. The van der Waals surface area contributed by atoms with Gasteiger partial charge in [0.25, 0.3) is 0 Å². The molecule has 0 aliphatic carbocycles. The van der Waals surface area contributed by atoms with Gasteiger partial charge in [-0.1, -0.05) is 0 Å². The Balaban J connectivity index is 2.84. The lowest BCUT2D eigenvalue weighted by atomic mass is 10.1. The number of benzene rings is 1. The highest BCUT2D eigenvalue weighted by Gasteiger charge is 2.29. The fraction of sp³-hybridized carbons (Fsp3) is 0.471. The second-order valence-corrected chi connectivity index (χ2v) is 7.15. The number of rotatable bonds is 3. The van der Waals surface area contributed by atoms with E-state index in [4.69, 9.17) is 15.0 Å². The molecule has 0 radical (unpaired) electrons. The average molecular weight is 333 g/mol. The van der Waals surface area contributed by atoms with Gasteiger partial charge in [0.05, 0.1) is 5.56 Å². The number of nitrogens with one attached hydrogen (secondary N) is 1. The molecule has 1 aromatic carbocycles. The lowest BCUT2D eigenvalue weighted by molar-refractivity contribution is -0.150. The van der Waals surface area contributed by atoms with Crippen LogP contribution >= 0.6 is 0 Å². The van der Waals surface area contributed by atoms with Crippen molar-refractivity contribution in [2.24, 2.45) is 0 Å². The van der Waals surface area contributed by atoms with Crippen molar-refractivity contribution in [1.82, 2.24) is 0 Å². The van der Waals surface area contributed by atoms with Gasteiger partial charge in [-0.25, -0.2) is 9.59 Å². The van der Waals surface area contributed by atoms with Crippen LogP contribution in [0.5, 0.6) is 0 Å². The number of amides is 1. The molecule has 0 heterocycles. The highest BCUT2D eigenvalue weighted by Crippen LogP contribution is 2.15. The van der Waals surface area contributed by atoms with Crippen molar-refractivity contribution < 1.29 is 23.9 Å². The second kappa shape index (κ2) is 7.27. The molecule has 0 fully saturated rings. The SMILES string of the molecule is CC(C)(C)OC(=O)Nc1ccc(C(=[N+]=[N-])C(=O)OC(C)(C)C)cc1. The van der Waals surface area contributed by atoms with Crippen molar-refractivity contribution in [2.45, 2.75) is 52.7 Å². The first-order valence-corrected chi connectivity index (χ1v) is 7.47. The second-order valence-electron chi connectivity index (χ2n) is 7.15. The summed E-state index contributed by atoms with van der Waals surface area (Å²) < 4.78 is 10.3. The Bertz CT molecular complexity index is 661. The summed E-state index contributed by atoms with van der Waals surface area (Å²) in [5, 5.41) is 2.57. The molecule has 0 aliphatic heterocycles. The third kappa shape index (κ3) is 6.62. The molecule has 0 saturated carbocycles. The number of anilines is 1. The molecule has 1 N–H and O–H groups in total. The zero-order valence-corrected chi connectivity index (χ0v) is 14.8. The van der Waals surface area contributed by atoms with E-state index in [1.165, 1.54) is 12.1 Å². The van der Waals surface area contributed by atoms with E-state index in [0.717, 1.165) is 0 Å². The van der Waals surface area contributed by atoms with Gasteiger partial charge in [-0.3, -0.25) is 5.32 Å². The summed E-state index contributed by atoms with van der Waals surface area (Å²) in [5.74, 6) is -0.738. The summed E-state index contributed by atoms with van der Waals surface area (Å²) >= 11 is 0. The molecule has 130 valence electrons. The topological polar surface area (TPSA) is 101 Å². The monoisotopic (exact) mass is 333 g/mol. The molecular weight excluding hydrogens is 310 g/mol. The van der Waals surface area contributed by atoms with Crippen LogP contribution in [0.25, 0.3) is 5.53 Å². The highest BCUT2D eigenvalue weighted by atomic mass is 16.6. The van der Waals surface area contributed by atoms with Gasteiger partial charge >= 0.3 is 17.8 Å². The molecule has 1 amide bonds. The van der Waals surface area contributed by atoms with Crippen LogP contribution in [-0.4, -0.2) is 33.8 Å². The fourth-order valence-electron chi connectivity index (χ4n) is 1.68. The first-order valence-electron chi connectivity index (χ1n) is 7.47. The standard InChI is InChI=1S/C17H23N3O4/c1-16(2,3)23-14(21)13(20-18)11-7-9-12(10-8-11)19-15(22)24-17(4,5)6/h7-10H,1-6H3,(H,19,22). The Morgan fingerprint density at radius 1 is 0.958 bits per heavy atom. The van der Waals surface area contributed by atoms with Gasteiger partial charge in [-0.2, -0.15) is 4.79 Å². The number of carbonyl (C=O) groups is 2. The van der Waals surface area contributed by atoms with Gasteiger partial charge in [-0.15, -0.1) is 0 Å². The summed E-state index contributed by atoms with van der Waals surface area (Å²) in [6, 6.07) is 6.20. The molecule has 24 heavy (non-hydrogen) atoms. The summed E-state index contributed by atoms with van der Waals surface area (Å²) in [7, 11) is 0. The van der Waals surface area contributed by atoms with Crippen molar-refractivity contribution in [1.29, 1.82) is 0 Å². The number of hydrogen-bond acceptors (Lipinski definition) is 4. The minimum absolute atomic E-state index is 0.214. The van der Waals surface area contributed by atoms with Gasteiger partial charge < -0.3 is 15.0 Å². The highest BCUT2D eigenvalue weighted by molar-refractivity contribution is 6.40. The Kier molecular flexibility index (Phi) is 5.88. The summed E-state index contributed by atoms with van der Waals surface area (Å²) in [4.78, 5) is 26.7. The van der Waals surface area contributed by atoms with Crippen LogP contribution < -0.4 is 5.32 Å². The largest absolute Gasteiger partial charge is 0.451 e. The maximum atomic E-state index is 12.0. The van der Waals surface area contributed by atoms with E-state index < -0.39 is 23.3 Å². The van der Waals surface area contributed by atoms with Crippen LogP contribution in [0, 0.1) is 0 Å². The number of hydrogen-bond donors (Lipinski definition) is 1. The van der Waals surface area contributed by atoms with E-state index >= 15 is 0 Å². The third-order valence-corrected chi connectivity index (χ3v) is 2.50. The summed E-state index contributed by atoms with van der Waals surface area (Å²) in [6.07, 6.45) is -0.585. The summed E-state index contributed by atoms with van der Waals surface area (Å²) in [5.41, 5.74) is 8.41. The van der Waals surface area contributed by atoms with E-state index in [1.54, 1.807) is 53.7 Å². The lowest BCUT2D eigenvalue weighted by Gasteiger charge is -2.19. The molecule has 1 rings (SSSR count). The minimum atomic E-state index is -0.738. The molecule has 0 spiro atoms. The summed E-state index contributed by atoms with van der Waals surface area (Å²) in [6.45, 7) is 10.4. The lowest BCUT2D eigenvalue weighted by Crippen LogP contribution is -2.30. The van der Waals surface area contributed by atoms with E-state index in [1.807, 2.05) is 0 Å². The molecule has 0 unspecified atom stereocenters. The average Bonchev–Trinajstić information content (AvgIpc) is 2.37. The van der Waals surface area contributed by atoms with Crippen LogP contribution in [0.15, 0.2) is 24.3 Å². The van der Waals surface area contributed by atoms with Gasteiger partial charge in [0.2, 0.25) is 0 Å². The minimum Gasteiger partial charge on any atom is -0.451 e. The van der Waals surface area contributed by atoms with Crippen LogP contribution in [0.1, 0.15) is 47.1 Å². The van der Waals surface area contributed by atoms with Crippen molar-refractivity contribution in [3.63, 3.8) is 0 Å². The predicted octanol–water partition coefficient (Wildman–Crippen LogP) is 3.39. The van der Waals surface area contributed by atoms with Gasteiger partial charge in [0.1, 0.15) is 11.2 Å². The van der Waals surface area contributed by atoms with Gasteiger partial charge in [-0.05, 0) is 65.8 Å². The number of nitrogens with zero attached hydrogens (tertiary/aromatic N) is 2. The molecule has 0 saturated heterocycles. The Morgan fingerprint density at radius 3 is 1.88 bits per heavy atom. The zero-order chi connectivity index (χ0) is 18.5. The van der Waals surface area contributed by atoms with Crippen LogP contribution in [0.3, 0.4) is 0 Å². The molecule has 0 bridgehead atoms. The molecule has 0 atom stereocenters. The maximum Gasteiger partial charge on any atom is 0.422 e. The first kappa shape index (κ1) is 19.4.